The molecular formula is C35H49F3N4O8. The number of hydrogen-bond acceptors (Lipinski definition) is 8. The summed E-state index contributed by atoms with van der Waals surface area (Å²) in [6.07, 6.45) is -3.45. The van der Waals surface area contributed by atoms with Gasteiger partial charge in [0.25, 0.3) is 11.8 Å². The number of carbonyl (C=O) groups is 5. The van der Waals surface area contributed by atoms with Gasteiger partial charge in [0.2, 0.25) is 11.5 Å². The maximum atomic E-state index is 14.8. The van der Waals surface area contributed by atoms with Crippen molar-refractivity contribution in [2.75, 3.05) is 37.7 Å². The van der Waals surface area contributed by atoms with Crippen LogP contribution in [0.25, 0.3) is 0 Å². The number of carbonyl (C=O) groups excluding carboxylic acids is 5. The summed E-state index contributed by atoms with van der Waals surface area (Å²) in [5, 5.41) is 2.65. The summed E-state index contributed by atoms with van der Waals surface area (Å²) in [5.41, 5.74) is -5.08. The summed E-state index contributed by atoms with van der Waals surface area (Å²) in [6.45, 7) is 13.3. The number of benzene rings is 1. The van der Waals surface area contributed by atoms with Crippen LogP contribution in [0.1, 0.15) is 103 Å². The largest absolute Gasteiger partial charge is 0.472 e. The second-order valence-electron chi connectivity index (χ2n) is 14.8. The lowest BCUT2D eigenvalue weighted by molar-refractivity contribution is -0.154. The fourth-order valence-corrected chi connectivity index (χ4v) is 6.70. The van der Waals surface area contributed by atoms with Crippen LogP contribution in [0.2, 0.25) is 0 Å². The number of esters is 1. The molecule has 0 bridgehead atoms. The number of ether oxygens (including phenoxy) is 3. The zero-order chi connectivity index (χ0) is 37.4. The van der Waals surface area contributed by atoms with Crippen molar-refractivity contribution >= 4 is 35.5 Å². The molecule has 2 unspecified atom stereocenters. The van der Waals surface area contributed by atoms with Crippen molar-refractivity contribution in [3.8, 4) is 5.75 Å². The molecule has 1 saturated heterocycles. The molecule has 1 saturated carbocycles. The van der Waals surface area contributed by atoms with Crippen molar-refractivity contribution < 1.29 is 51.4 Å². The highest BCUT2D eigenvalue weighted by atomic mass is 19.4. The molecule has 0 radical (unpaired) electrons. The van der Waals surface area contributed by atoms with Crippen molar-refractivity contribution in [3.05, 3.63) is 23.3 Å². The highest BCUT2D eigenvalue weighted by Crippen LogP contribution is 2.56. The van der Waals surface area contributed by atoms with E-state index < -0.39 is 76.5 Å². The molecule has 1 aromatic rings. The molecule has 1 N–H and O–H groups in total. The van der Waals surface area contributed by atoms with Crippen molar-refractivity contribution in [3.63, 3.8) is 0 Å². The summed E-state index contributed by atoms with van der Waals surface area (Å²) in [7, 11) is 0. The molecule has 278 valence electrons. The van der Waals surface area contributed by atoms with E-state index in [0.29, 0.717) is 38.4 Å². The summed E-state index contributed by atoms with van der Waals surface area (Å²) in [6, 6.07) is 0.789. The van der Waals surface area contributed by atoms with Gasteiger partial charge in [-0.25, -0.2) is 4.79 Å². The third kappa shape index (κ3) is 8.28. The van der Waals surface area contributed by atoms with Crippen LogP contribution in [0.3, 0.4) is 0 Å². The average molecular weight is 711 g/mol. The first-order valence-corrected chi connectivity index (χ1v) is 17.2. The Hall–Kier alpha value is -4.04. The second-order valence-corrected chi connectivity index (χ2v) is 14.8. The number of nitrogens with zero attached hydrogens (tertiary/aromatic N) is 3. The minimum atomic E-state index is -4.99. The van der Waals surface area contributed by atoms with Crippen LogP contribution in [0.15, 0.2) is 12.1 Å². The predicted octanol–water partition coefficient (Wildman–Crippen LogP) is 5.31. The normalized spacial score (nSPS) is 23.3. The Morgan fingerprint density at radius 3 is 2.38 bits per heavy atom. The number of likely N-dealkylation sites (tertiary alicyclic amines) is 1. The Balaban J connectivity index is 1.73. The van der Waals surface area contributed by atoms with E-state index in [1.807, 2.05) is 0 Å². The third-order valence-electron chi connectivity index (χ3n) is 9.27. The highest BCUT2D eigenvalue weighted by molar-refractivity contribution is 6.05. The first-order chi connectivity index (χ1) is 23.2. The first-order valence-electron chi connectivity index (χ1n) is 17.2. The number of piperidine rings is 1. The molecule has 1 spiro atoms. The van der Waals surface area contributed by atoms with Crippen molar-refractivity contribution in [1.29, 1.82) is 0 Å². The number of anilines is 1. The number of nitrogens with one attached hydrogen (secondary N) is 1. The summed E-state index contributed by atoms with van der Waals surface area (Å²) < 4.78 is 61.0. The van der Waals surface area contributed by atoms with Gasteiger partial charge in [-0.1, -0.05) is 13.8 Å². The van der Waals surface area contributed by atoms with Crippen LogP contribution in [-0.4, -0.2) is 95.7 Å². The topological polar surface area (TPSA) is 135 Å². The van der Waals surface area contributed by atoms with E-state index in [0.717, 1.165) is 11.0 Å². The van der Waals surface area contributed by atoms with Gasteiger partial charge in [-0.2, -0.15) is 13.2 Å². The Bertz CT molecular complexity index is 1510. The molecule has 3 atom stereocenters. The molecule has 2 aliphatic heterocycles. The fraction of sp³-hybridized carbons (Fsp3) is 0.686. The number of fused-ring (bicyclic) bond motifs is 1. The Morgan fingerprint density at radius 1 is 1.12 bits per heavy atom. The van der Waals surface area contributed by atoms with E-state index in [2.05, 4.69) is 5.32 Å². The van der Waals surface area contributed by atoms with Crippen LogP contribution in [-0.2, 0) is 30.0 Å². The Labute approximate surface area is 290 Å². The van der Waals surface area contributed by atoms with E-state index in [4.69, 9.17) is 14.2 Å². The number of hydrogen-bond donors (Lipinski definition) is 1. The summed E-state index contributed by atoms with van der Waals surface area (Å²) in [5.74, 6) is -2.85. The molecule has 3 aliphatic rings. The van der Waals surface area contributed by atoms with Gasteiger partial charge in [-0.3, -0.25) is 19.2 Å². The molecule has 50 heavy (non-hydrogen) atoms. The smallest absolute Gasteiger partial charge is 0.417 e. The molecule has 2 heterocycles. The maximum Gasteiger partial charge on any atom is 0.417 e. The van der Waals surface area contributed by atoms with Gasteiger partial charge in [0, 0.05) is 56.5 Å². The molecule has 0 aromatic heterocycles. The second kappa shape index (κ2) is 14.3. The van der Waals surface area contributed by atoms with Crippen LogP contribution in [0.4, 0.5) is 23.7 Å². The van der Waals surface area contributed by atoms with Crippen LogP contribution >= 0.6 is 0 Å². The molecule has 12 nitrogen and oxygen atoms in total. The van der Waals surface area contributed by atoms with Gasteiger partial charge in [0.15, 0.2) is 0 Å². The van der Waals surface area contributed by atoms with E-state index in [-0.39, 0.29) is 43.3 Å². The lowest BCUT2D eigenvalue weighted by Crippen LogP contribution is -2.58. The monoisotopic (exact) mass is 710 g/mol. The number of alkyl halides is 3. The standard InChI is InChI=1S/C35H49F3N4O8/c1-9-27(43)39-13-15-41-24-16-22(23(35(36,37)38)17-25(24)49-33(8,30(41)46)20-48-28(44)10-2)29(45)42(21(3)4)26-18-34(26)12-11-14-40(19-34)31(47)50-32(5,6)7/h16-17,21,26H,9-15,18-20H2,1-8H3,(H,39,43)/t26-,33?,34?/m0/s1. The minimum absolute atomic E-state index is 0.00494. The molecule has 1 aromatic carbocycles. The van der Waals surface area contributed by atoms with Gasteiger partial charge in [0.1, 0.15) is 18.0 Å². The van der Waals surface area contributed by atoms with Crippen LogP contribution in [0, 0.1) is 5.41 Å². The van der Waals surface area contributed by atoms with E-state index in [9.17, 15) is 37.1 Å². The molecule has 4 amide bonds. The SMILES string of the molecule is CCC(=O)NCCN1C(=O)C(C)(COC(=O)CC)Oc2cc(C(F)(F)F)c(C(=O)N(C(C)C)[C@H]3CC34CCCN(C(=O)OC(C)(C)C)C4)cc21. The fourth-order valence-electron chi connectivity index (χ4n) is 6.70. The lowest BCUT2D eigenvalue weighted by Gasteiger charge is -2.41. The zero-order valence-corrected chi connectivity index (χ0v) is 30.1. The van der Waals surface area contributed by atoms with Crippen LogP contribution < -0.4 is 15.0 Å². The van der Waals surface area contributed by atoms with Crippen molar-refractivity contribution in [2.24, 2.45) is 5.41 Å². The summed E-state index contributed by atoms with van der Waals surface area (Å²) >= 11 is 0. The predicted molar refractivity (Wildman–Crippen MR) is 177 cm³/mol. The zero-order valence-electron chi connectivity index (χ0n) is 30.1. The average Bonchev–Trinajstić information content (AvgIpc) is 3.69. The van der Waals surface area contributed by atoms with E-state index in [1.54, 1.807) is 53.4 Å². The van der Waals surface area contributed by atoms with Crippen LogP contribution in [0.5, 0.6) is 5.75 Å². The van der Waals surface area contributed by atoms with E-state index >= 15 is 0 Å². The van der Waals surface area contributed by atoms with Gasteiger partial charge >= 0.3 is 18.2 Å². The quantitative estimate of drug-likeness (QED) is 0.323. The van der Waals surface area contributed by atoms with E-state index in [1.165, 1.54) is 11.8 Å². The van der Waals surface area contributed by atoms with Gasteiger partial charge in [-0.05, 0) is 72.9 Å². The third-order valence-corrected chi connectivity index (χ3v) is 9.27. The molecular weight excluding hydrogens is 661 g/mol. The first kappa shape index (κ1) is 38.8. The number of amides is 4. The number of rotatable bonds is 10. The van der Waals surface area contributed by atoms with Gasteiger partial charge in [-0.15, -0.1) is 0 Å². The highest BCUT2D eigenvalue weighted by Gasteiger charge is 2.61. The minimum Gasteiger partial charge on any atom is -0.472 e. The molecule has 1 aliphatic carbocycles. The molecule has 4 rings (SSSR count). The van der Waals surface area contributed by atoms with Gasteiger partial charge in [0.05, 0.1) is 16.8 Å². The van der Waals surface area contributed by atoms with Gasteiger partial charge < -0.3 is 34.2 Å². The lowest BCUT2D eigenvalue weighted by atomic mass is 9.93. The Morgan fingerprint density at radius 2 is 1.80 bits per heavy atom. The Kier molecular flexibility index (Phi) is 11.1. The summed E-state index contributed by atoms with van der Waals surface area (Å²) in [4.78, 5) is 69.3. The van der Waals surface area contributed by atoms with Crippen molar-refractivity contribution in [1.82, 2.24) is 15.1 Å². The number of halogens is 3. The molecule has 15 heteroatoms. The maximum absolute atomic E-state index is 14.8. The molecule has 2 fully saturated rings. The van der Waals surface area contributed by atoms with Crippen molar-refractivity contribution in [2.45, 2.75) is 117 Å².